The second kappa shape index (κ2) is 5.43. The van der Waals surface area contributed by atoms with Crippen LogP contribution in [0.5, 0.6) is 5.75 Å². The number of aromatic nitrogens is 2. The fourth-order valence-corrected chi connectivity index (χ4v) is 1.87. The molecule has 0 aliphatic heterocycles. The smallest absolute Gasteiger partial charge is 0.325 e. The number of rotatable bonds is 4. The van der Waals surface area contributed by atoms with Crippen LogP contribution in [0.2, 0.25) is 0 Å². The van der Waals surface area contributed by atoms with Gasteiger partial charge < -0.3 is 15.5 Å². The average molecular weight is 261 g/mol. The van der Waals surface area contributed by atoms with Crippen LogP contribution in [-0.4, -0.2) is 17.1 Å². The number of nitrogens with one attached hydrogen (secondary N) is 2. The Labute approximate surface area is 109 Å². The Morgan fingerprint density at radius 3 is 2.58 bits per heavy atom. The molecular formula is C13H15N3O3. The molecule has 100 valence electrons. The molecule has 19 heavy (non-hydrogen) atoms. The highest BCUT2D eigenvalue weighted by Gasteiger charge is 2.02. The van der Waals surface area contributed by atoms with Gasteiger partial charge in [-0.2, -0.15) is 0 Å². The molecule has 2 rings (SSSR count). The van der Waals surface area contributed by atoms with Gasteiger partial charge in [-0.25, -0.2) is 4.79 Å². The summed E-state index contributed by atoms with van der Waals surface area (Å²) in [5.74, 6) is 0.633. The first-order valence-corrected chi connectivity index (χ1v) is 5.83. The number of ether oxygens (including phenoxy) is 1. The van der Waals surface area contributed by atoms with Gasteiger partial charge in [0, 0.05) is 11.8 Å². The SMILES string of the molecule is COc1ccc(CCc2cc(=O)[nH]c(=O)[nH]2)cc1N. The van der Waals surface area contributed by atoms with E-state index in [0.29, 0.717) is 30.0 Å². The Bertz CT molecular complexity index is 660. The van der Waals surface area contributed by atoms with Gasteiger partial charge in [0.25, 0.3) is 5.56 Å². The molecule has 0 fully saturated rings. The number of hydrogen-bond donors (Lipinski definition) is 3. The second-order valence-corrected chi connectivity index (χ2v) is 4.19. The van der Waals surface area contributed by atoms with Crippen LogP contribution >= 0.6 is 0 Å². The molecule has 0 amide bonds. The third-order valence-corrected chi connectivity index (χ3v) is 2.79. The predicted molar refractivity (Wildman–Crippen MR) is 72.5 cm³/mol. The molecule has 0 atom stereocenters. The molecule has 6 nitrogen and oxygen atoms in total. The molecule has 1 heterocycles. The van der Waals surface area contributed by atoms with Gasteiger partial charge in [0.05, 0.1) is 12.8 Å². The van der Waals surface area contributed by atoms with E-state index in [1.807, 2.05) is 12.1 Å². The van der Waals surface area contributed by atoms with Crippen molar-refractivity contribution in [3.8, 4) is 5.75 Å². The fraction of sp³-hybridized carbons (Fsp3) is 0.231. The second-order valence-electron chi connectivity index (χ2n) is 4.19. The Hall–Kier alpha value is -2.50. The molecule has 0 spiro atoms. The van der Waals surface area contributed by atoms with Crippen LogP contribution in [0.25, 0.3) is 0 Å². The Morgan fingerprint density at radius 1 is 1.16 bits per heavy atom. The lowest BCUT2D eigenvalue weighted by Crippen LogP contribution is -2.23. The summed E-state index contributed by atoms with van der Waals surface area (Å²) in [5.41, 5.74) is 7.11. The molecule has 0 saturated heterocycles. The number of hydrogen-bond acceptors (Lipinski definition) is 4. The van der Waals surface area contributed by atoms with E-state index < -0.39 is 11.2 Å². The minimum Gasteiger partial charge on any atom is -0.495 e. The highest BCUT2D eigenvalue weighted by Crippen LogP contribution is 2.22. The number of benzene rings is 1. The van der Waals surface area contributed by atoms with Gasteiger partial charge in [0.1, 0.15) is 5.75 Å². The quantitative estimate of drug-likeness (QED) is 0.695. The van der Waals surface area contributed by atoms with Gasteiger partial charge in [0.2, 0.25) is 0 Å². The van der Waals surface area contributed by atoms with Gasteiger partial charge in [-0.15, -0.1) is 0 Å². The Kier molecular flexibility index (Phi) is 3.70. The molecule has 0 bridgehead atoms. The third-order valence-electron chi connectivity index (χ3n) is 2.79. The molecule has 0 unspecified atom stereocenters. The van der Waals surface area contributed by atoms with Crippen molar-refractivity contribution < 1.29 is 4.74 Å². The Morgan fingerprint density at radius 2 is 1.95 bits per heavy atom. The Balaban J connectivity index is 2.12. The van der Waals surface area contributed by atoms with Crippen molar-refractivity contribution in [2.75, 3.05) is 12.8 Å². The maximum absolute atomic E-state index is 11.1. The van der Waals surface area contributed by atoms with E-state index in [4.69, 9.17) is 10.5 Å². The van der Waals surface area contributed by atoms with E-state index in [0.717, 1.165) is 5.56 Å². The number of nitrogen functional groups attached to an aromatic ring is 1. The van der Waals surface area contributed by atoms with E-state index in [2.05, 4.69) is 9.97 Å². The summed E-state index contributed by atoms with van der Waals surface area (Å²) in [7, 11) is 1.56. The van der Waals surface area contributed by atoms with Gasteiger partial charge in [0.15, 0.2) is 0 Å². The van der Waals surface area contributed by atoms with E-state index in [1.54, 1.807) is 13.2 Å². The lowest BCUT2D eigenvalue weighted by atomic mass is 10.1. The molecule has 0 radical (unpaired) electrons. The molecule has 2 aromatic rings. The molecule has 1 aromatic heterocycles. The van der Waals surface area contributed by atoms with Gasteiger partial charge in [-0.3, -0.25) is 9.78 Å². The minimum absolute atomic E-state index is 0.395. The van der Waals surface area contributed by atoms with Gasteiger partial charge in [-0.05, 0) is 30.5 Å². The van der Waals surface area contributed by atoms with E-state index >= 15 is 0 Å². The van der Waals surface area contributed by atoms with Crippen molar-refractivity contribution in [1.29, 1.82) is 0 Å². The molecule has 0 aliphatic carbocycles. The lowest BCUT2D eigenvalue weighted by Gasteiger charge is -2.07. The van der Waals surface area contributed by atoms with Crippen LogP contribution in [0.4, 0.5) is 5.69 Å². The van der Waals surface area contributed by atoms with Crippen LogP contribution in [0.15, 0.2) is 33.9 Å². The zero-order valence-corrected chi connectivity index (χ0v) is 10.5. The molecular weight excluding hydrogens is 246 g/mol. The number of aryl methyl sites for hydroxylation is 2. The summed E-state index contributed by atoms with van der Waals surface area (Å²) in [4.78, 5) is 27.0. The summed E-state index contributed by atoms with van der Waals surface area (Å²) in [6, 6.07) is 6.91. The number of anilines is 1. The van der Waals surface area contributed by atoms with Crippen LogP contribution in [0.3, 0.4) is 0 Å². The monoisotopic (exact) mass is 261 g/mol. The van der Waals surface area contributed by atoms with Crippen molar-refractivity contribution in [2.45, 2.75) is 12.8 Å². The van der Waals surface area contributed by atoms with Crippen molar-refractivity contribution in [1.82, 2.24) is 9.97 Å². The van der Waals surface area contributed by atoms with Crippen LogP contribution in [-0.2, 0) is 12.8 Å². The largest absolute Gasteiger partial charge is 0.495 e. The fourth-order valence-electron chi connectivity index (χ4n) is 1.87. The normalized spacial score (nSPS) is 10.4. The van der Waals surface area contributed by atoms with E-state index in [9.17, 15) is 9.59 Å². The zero-order valence-electron chi connectivity index (χ0n) is 10.5. The number of aromatic amines is 2. The molecule has 4 N–H and O–H groups in total. The standard InChI is InChI=1S/C13H15N3O3/c1-19-11-5-3-8(6-10(11)14)2-4-9-7-12(17)16-13(18)15-9/h3,5-7H,2,4,14H2,1H3,(H2,15,16,17,18). The maximum atomic E-state index is 11.1. The molecule has 0 aliphatic rings. The summed E-state index contributed by atoms with van der Waals surface area (Å²) in [6.07, 6.45) is 1.23. The maximum Gasteiger partial charge on any atom is 0.325 e. The van der Waals surface area contributed by atoms with E-state index in [-0.39, 0.29) is 0 Å². The highest BCUT2D eigenvalue weighted by atomic mass is 16.5. The minimum atomic E-state index is -0.489. The summed E-state index contributed by atoms with van der Waals surface area (Å²) in [5, 5.41) is 0. The summed E-state index contributed by atoms with van der Waals surface area (Å²) < 4.78 is 5.08. The molecule has 1 aromatic carbocycles. The summed E-state index contributed by atoms with van der Waals surface area (Å²) >= 11 is 0. The zero-order chi connectivity index (χ0) is 13.8. The number of methoxy groups -OCH3 is 1. The van der Waals surface area contributed by atoms with Crippen LogP contribution in [0, 0.1) is 0 Å². The highest BCUT2D eigenvalue weighted by molar-refractivity contribution is 5.54. The topological polar surface area (TPSA) is 101 Å². The molecule has 6 heteroatoms. The van der Waals surface area contributed by atoms with Crippen molar-refractivity contribution in [2.24, 2.45) is 0 Å². The van der Waals surface area contributed by atoms with Gasteiger partial charge >= 0.3 is 5.69 Å². The van der Waals surface area contributed by atoms with Crippen molar-refractivity contribution in [3.05, 3.63) is 56.4 Å². The van der Waals surface area contributed by atoms with Crippen molar-refractivity contribution >= 4 is 5.69 Å². The van der Waals surface area contributed by atoms with Crippen LogP contribution in [0.1, 0.15) is 11.3 Å². The van der Waals surface area contributed by atoms with Crippen LogP contribution < -0.4 is 21.7 Å². The number of nitrogens with two attached hydrogens (primary N) is 1. The first-order chi connectivity index (χ1) is 9.08. The average Bonchev–Trinajstić information content (AvgIpc) is 2.35. The first kappa shape index (κ1) is 12.9. The van der Waals surface area contributed by atoms with Crippen molar-refractivity contribution in [3.63, 3.8) is 0 Å². The lowest BCUT2D eigenvalue weighted by molar-refractivity contribution is 0.417. The number of H-pyrrole nitrogens is 2. The predicted octanol–water partition coefficient (Wildman–Crippen LogP) is 0.439. The first-order valence-electron chi connectivity index (χ1n) is 5.83. The van der Waals surface area contributed by atoms with Gasteiger partial charge in [-0.1, -0.05) is 6.07 Å². The molecule has 0 saturated carbocycles. The third kappa shape index (κ3) is 3.25. The van der Waals surface area contributed by atoms with E-state index in [1.165, 1.54) is 6.07 Å². The summed E-state index contributed by atoms with van der Waals surface area (Å²) in [6.45, 7) is 0.